The number of benzene rings is 11. The summed E-state index contributed by atoms with van der Waals surface area (Å²) in [6.07, 6.45) is 0. The van der Waals surface area contributed by atoms with Gasteiger partial charge in [0.1, 0.15) is 0 Å². The molecule has 0 aliphatic heterocycles. The molecule has 12 aromatic rings. The SMILES string of the molecule is c1ccc(-c2ccc(N(c3ccccc3)c3ccc(-c4ccc5c(c4)sc4c6ccc(N(c7ccccc7)c7cccc8ccccc78)cc6c6ccccc6c54)cc3)cc2)cc1. The second kappa shape index (κ2) is 15.5. The maximum atomic E-state index is 2.41. The van der Waals surface area contributed by atoms with Gasteiger partial charge in [-0.3, -0.25) is 0 Å². The Morgan fingerprint density at radius 2 is 0.762 bits per heavy atom. The van der Waals surface area contributed by atoms with Crippen molar-refractivity contribution in [2.75, 3.05) is 9.80 Å². The van der Waals surface area contributed by atoms with E-state index in [1.807, 2.05) is 11.3 Å². The van der Waals surface area contributed by atoms with E-state index in [2.05, 4.69) is 252 Å². The zero-order valence-corrected chi connectivity index (χ0v) is 35.2. The minimum absolute atomic E-state index is 1.11. The van der Waals surface area contributed by atoms with Crippen LogP contribution >= 0.6 is 11.3 Å². The summed E-state index contributed by atoms with van der Waals surface area (Å²) in [4.78, 5) is 4.74. The van der Waals surface area contributed by atoms with Gasteiger partial charge < -0.3 is 9.80 Å². The largest absolute Gasteiger partial charge is 0.311 e. The first-order valence-electron chi connectivity index (χ1n) is 21.5. The highest BCUT2D eigenvalue weighted by Gasteiger charge is 2.20. The molecule has 0 radical (unpaired) electrons. The lowest BCUT2D eigenvalue weighted by Gasteiger charge is -2.27. The van der Waals surface area contributed by atoms with Crippen LogP contribution in [0.4, 0.5) is 34.1 Å². The molecule has 0 N–H and O–H groups in total. The molecule has 2 nitrogen and oxygen atoms in total. The van der Waals surface area contributed by atoms with Crippen LogP contribution in [0.5, 0.6) is 0 Å². The topological polar surface area (TPSA) is 6.48 Å². The summed E-state index contributed by atoms with van der Waals surface area (Å²) in [6.45, 7) is 0. The van der Waals surface area contributed by atoms with Gasteiger partial charge in [-0.1, -0.05) is 170 Å². The summed E-state index contributed by atoms with van der Waals surface area (Å²) in [6, 6.07) is 88.1. The van der Waals surface area contributed by atoms with Gasteiger partial charge in [-0.05, 0) is 117 Å². The van der Waals surface area contributed by atoms with E-state index in [1.54, 1.807) is 0 Å². The van der Waals surface area contributed by atoms with Crippen molar-refractivity contribution in [2.45, 2.75) is 0 Å². The van der Waals surface area contributed by atoms with Gasteiger partial charge in [0.05, 0.1) is 5.69 Å². The zero-order chi connectivity index (χ0) is 41.7. The number of anilines is 6. The molecule has 296 valence electrons. The minimum atomic E-state index is 1.11. The molecule has 0 fully saturated rings. The van der Waals surface area contributed by atoms with Crippen molar-refractivity contribution in [3.63, 3.8) is 0 Å². The highest BCUT2D eigenvalue weighted by molar-refractivity contribution is 7.27. The number of thiophene rings is 1. The molecule has 0 atom stereocenters. The Morgan fingerprint density at radius 1 is 0.270 bits per heavy atom. The van der Waals surface area contributed by atoms with E-state index >= 15 is 0 Å². The van der Waals surface area contributed by atoms with Gasteiger partial charge in [0, 0.05) is 59.4 Å². The average molecular weight is 821 g/mol. The van der Waals surface area contributed by atoms with Crippen molar-refractivity contribution >= 4 is 98.0 Å². The first-order valence-corrected chi connectivity index (χ1v) is 22.3. The molecule has 1 aromatic heterocycles. The second-order valence-corrected chi connectivity index (χ2v) is 17.1. The Hall–Kier alpha value is -7.98. The molecule has 0 saturated carbocycles. The number of nitrogens with zero attached hydrogens (tertiary/aromatic N) is 2. The van der Waals surface area contributed by atoms with Crippen LogP contribution in [0.2, 0.25) is 0 Å². The summed E-state index contributed by atoms with van der Waals surface area (Å²) >= 11 is 1.90. The number of para-hydroxylation sites is 2. The Morgan fingerprint density at radius 3 is 1.46 bits per heavy atom. The Balaban J connectivity index is 0.947. The van der Waals surface area contributed by atoms with Crippen LogP contribution in [-0.4, -0.2) is 0 Å². The molecule has 0 aliphatic carbocycles. The van der Waals surface area contributed by atoms with Gasteiger partial charge in [0.25, 0.3) is 0 Å². The molecule has 0 saturated heterocycles. The van der Waals surface area contributed by atoms with E-state index in [0.29, 0.717) is 0 Å². The lowest BCUT2D eigenvalue weighted by atomic mass is 9.95. The fraction of sp³-hybridized carbons (Fsp3) is 0. The molecular weight excluding hydrogens is 781 g/mol. The maximum absolute atomic E-state index is 2.41. The highest BCUT2D eigenvalue weighted by Crippen LogP contribution is 2.47. The molecule has 1 heterocycles. The third-order valence-electron chi connectivity index (χ3n) is 12.4. The van der Waals surface area contributed by atoms with Crippen LogP contribution in [0.25, 0.3) is 74.7 Å². The van der Waals surface area contributed by atoms with Gasteiger partial charge in [0.15, 0.2) is 0 Å². The van der Waals surface area contributed by atoms with Crippen LogP contribution in [0.3, 0.4) is 0 Å². The molecule has 12 rings (SSSR count). The normalized spacial score (nSPS) is 11.5. The first-order chi connectivity index (χ1) is 31.2. The van der Waals surface area contributed by atoms with Crippen LogP contribution < -0.4 is 9.80 Å². The van der Waals surface area contributed by atoms with E-state index in [1.165, 1.54) is 74.7 Å². The van der Waals surface area contributed by atoms with Crippen molar-refractivity contribution in [3.8, 4) is 22.3 Å². The van der Waals surface area contributed by atoms with Gasteiger partial charge in [-0.25, -0.2) is 0 Å². The summed E-state index contributed by atoms with van der Waals surface area (Å²) in [5.41, 5.74) is 11.6. The predicted molar refractivity (Wildman–Crippen MR) is 272 cm³/mol. The summed E-state index contributed by atoms with van der Waals surface area (Å²) in [7, 11) is 0. The van der Waals surface area contributed by atoms with Crippen molar-refractivity contribution in [1.82, 2.24) is 0 Å². The molecule has 0 spiro atoms. The number of rotatable bonds is 8. The lowest BCUT2D eigenvalue weighted by Crippen LogP contribution is -2.10. The van der Waals surface area contributed by atoms with Crippen LogP contribution in [0.15, 0.2) is 243 Å². The van der Waals surface area contributed by atoms with Gasteiger partial charge in [-0.2, -0.15) is 0 Å². The standard InChI is InChI=1S/C60H40N2S/c1-4-15-41(16-5-1)42-27-32-48(33-28-42)61(46-19-6-2-7-20-46)49-34-29-43(30-35-49)45-31-37-55-58(39-45)63-60-54-38-36-50(40-56(54)52-24-12-13-25-53(52)59(55)60)62(47-21-8-3-9-22-47)57-26-14-18-44-17-10-11-23-51(44)57/h1-40H. The van der Waals surface area contributed by atoms with Crippen LogP contribution in [0.1, 0.15) is 0 Å². The van der Waals surface area contributed by atoms with Crippen molar-refractivity contribution in [3.05, 3.63) is 243 Å². The fourth-order valence-electron chi connectivity index (χ4n) is 9.43. The number of hydrogen-bond acceptors (Lipinski definition) is 3. The van der Waals surface area contributed by atoms with E-state index in [-0.39, 0.29) is 0 Å². The smallest absolute Gasteiger partial charge is 0.0540 e. The molecule has 3 heteroatoms. The van der Waals surface area contributed by atoms with Gasteiger partial charge in [0.2, 0.25) is 0 Å². The highest BCUT2D eigenvalue weighted by atomic mass is 32.1. The second-order valence-electron chi connectivity index (χ2n) is 16.1. The van der Waals surface area contributed by atoms with E-state index in [9.17, 15) is 0 Å². The van der Waals surface area contributed by atoms with Crippen LogP contribution in [-0.2, 0) is 0 Å². The fourth-order valence-corrected chi connectivity index (χ4v) is 10.7. The third-order valence-corrected chi connectivity index (χ3v) is 13.6. The van der Waals surface area contributed by atoms with Crippen molar-refractivity contribution in [1.29, 1.82) is 0 Å². The van der Waals surface area contributed by atoms with Gasteiger partial charge >= 0.3 is 0 Å². The summed E-state index contributed by atoms with van der Waals surface area (Å²) in [5.74, 6) is 0. The monoisotopic (exact) mass is 820 g/mol. The molecule has 0 unspecified atom stereocenters. The number of hydrogen-bond donors (Lipinski definition) is 0. The first kappa shape index (κ1) is 36.8. The molecular formula is C60H40N2S. The molecule has 0 aliphatic rings. The Labute approximate surface area is 370 Å². The zero-order valence-electron chi connectivity index (χ0n) is 34.4. The molecule has 11 aromatic carbocycles. The Bertz CT molecular complexity index is 3590. The minimum Gasteiger partial charge on any atom is -0.311 e. The van der Waals surface area contributed by atoms with E-state index in [4.69, 9.17) is 0 Å². The van der Waals surface area contributed by atoms with E-state index < -0.39 is 0 Å². The summed E-state index contributed by atoms with van der Waals surface area (Å²) < 4.78 is 2.62. The van der Waals surface area contributed by atoms with Gasteiger partial charge in [-0.15, -0.1) is 11.3 Å². The lowest BCUT2D eigenvalue weighted by molar-refractivity contribution is 1.28. The Kier molecular flexibility index (Phi) is 9.06. The van der Waals surface area contributed by atoms with Crippen molar-refractivity contribution in [2.24, 2.45) is 0 Å². The summed E-state index contributed by atoms with van der Waals surface area (Å²) in [5, 5.41) is 10.2. The predicted octanol–water partition coefficient (Wildman–Crippen LogP) is 17.8. The maximum Gasteiger partial charge on any atom is 0.0540 e. The van der Waals surface area contributed by atoms with Crippen molar-refractivity contribution < 1.29 is 0 Å². The molecule has 0 bridgehead atoms. The average Bonchev–Trinajstić information content (AvgIpc) is 3.75. The molecule has 0 amide bonds. The molecule has 63 heavy (non-hydrogen) atoms. The number of fused-ring (bicyclic) bond motifs is 9. The quantitative estimate of drug-likeness (QED) is 0.141. The third kappa shape index (κ3) is 6.50. The van der Waals surface area contributed by atoms with E-state index in [0.717, 1.165) is 34.1 Å². The van der Waals surface area contributed by atoms with Crippen LogP contribution in [0, 0.1) is 0 Å².